The monoisotopic (exact) mass is 177 g/mol. The van der Waals surface area contributed by atoms with Gasteiger partial charge in [-0.2, -0.15) is 0 Å². The lowest BCUT2D eigenvalue weighted by molar-refractivity contribution is 0.473. The Hall–Kier alpha value is -1.02. The van der Waals surface area contributed by atoms with Crippen molar-refractivity contribution in [1.29, 1.82) is 0 Å². The summed E-state index contributed by atoms with van der Waals surface area (Å²) in [4.78, 5) is 0. The molecule has 1 aromatic rings. The maximum atomic E-state index is 9.28. The number of benzene rings is 1. The van der Waals surface area contributed by atoms with Crippen LogP contribution >= 0.6 is 0 Å². The molecule has 0 amide bonds. The van der Waals surface area contributed by atoms with E-state index in [-0.39, 0.29) is 0 Å². The first-order valence-electron chi connectivity index (χ1n) is 4.71. The van der Waals surface area contributed by atoms with Crippen LogP contribution in [0.5, 0.6) is 5.75 Å². The Labute approximate surface area is 78.6 Å². The zero-order valence-electron chi connectivity index (χ0n) is 7.88. The van der Waals surface area contributed by atoms with E-state index in [1.54, 1.807) is 6.07 Å². The quantitative estimate of drug-likeness (QED) is 0.736. The largest absolute Gasteiger partial charge is 0.508 e. The molecule has 1 fully saturated rings. The molecule has 70 valence electrons. The van der Waals surface area contributed by atoms with E-state index in [1.807, 2.05) is 19.2 Å². The Morgan fingerprint density at radius 1 is 1.46 bits per heavy atom. The summed E-state index contributed by atoms with van der Waals surface area (Å²) in [5, 5.41) is 12.6. The molecule has 1 saturated carbocycles. The second-order valence-corrected chi connectivity index (χ2v) is 3.88. The summed E-state index contributed by atoms with van der Waals surface area (Å²) in [6, 6.07) is 7.52. The minimum absolute atomic E-state index is 0.327. The topological polar surface area (TPSA) is 32.3 Å². The molecule has 0 bridgehead atoms. The summed E-state index contributed by atoms with van der Waals surface area (Å²) >= 11 is 0. The van der Waals surface area contributed by atoms with Gasteiger partial charge in [0.1, 0.15) is 5.75 Å². The fourth-order valence-corrected chi connectivity index (χ4v) is 1.72. The van der Waals surface area contributed by atoms with Gasteiger partial charge < -0.3 is 10.4 Å². The van der Waals surface area contributed by atoms with Crippen molar-refractivity contribution in [3.05, 3.63) is 29.8 Å². The van der Waals surface area contributed by atoms with Crippen molar-refractivity contribution in [2.24, 2.45) is 0 Å². The van der Waals surface area contributed by atoms with Crippen LogP contribution in [0.15, 0.2) is 24.3 Å². The van der Waals surface area contributed by atoms with Crippen molar-refractivity contribution in [1.82, 2.24) is 5.32 Å². The van der Waals surface area contributed by atoms with Gasteiger partial charge in [0.2, 0.25) is 0 Å². The molecule has 0 heterocycles. The SMILES string of the molecule is CNC1(Cc2cccc(O)c2)CC1. The van der Waals surface area contributed by atoms with Gasteiger partial charge in [-0.25, -0.2) is 0 Å². The molecule has 0 aromatic heterocycles. The Morgan fingerprint density at radius 2 is 2.23 bits per heavy atom. The lowest BCUT2D eigenvalue weighted by atomic mass is 10.0. The highest BCUT2D eigenvalue weighted by Gasteiger charge is 2.40. The number of nitrogens with one attached hydrogen (secondary N) is 1. The van der Waals surface area contributed by atoms with Gasteiger partial charge in [0.05, 0.1) is 0 Å². The first kappa shape index (κ1) is 8.57. The van der Waals surface area contributed by atoms with E-state index in [0.717, 1.165) is 6.42 Å². The van der Waals surface area contributed by atoms with E-state index in [2.05, 4.69) is 11.4 Å². The first-order valence-corrected chi connectivity index (χ1v) is 4.71. The number of hydrogen-bond donors (Lipinski definition) is 2. The maximum absolute atomic E-state index is 9.28. The van der Waals surface area contributed by atoms with Crippen molar-refractivity contribution < 1.29 is 5.11 Å². The van der Waals surface area contributed by atoms with Crippen molar-refractivity contribution >= 4 is 0 Å². The fourth-order valence-electron chi connectivity index (χ4n) is 1.72. The standard InChI is InChI=1S/C11H15NO/c1-12-11(5-6-11)8-9-3-2-4-10(13)7-9/h2-4,7,12-13H,5-6,8H2,1H3. The Morgan fingerprint density at radius 3 is 2.77 bits per heavy atom. The van der Waals surface area contributed by atoms with Crippen LogP contribution in [0.4, 0.5) is 0 Å². The molecule has 0 aliphatic heterocycles. The molecule has 1 aromatic carbocycles. The highest BCUT2D eigenvalue weighted by molar-refractivity contribution is 5.29. The molecule has 2 heteroatoms. The molecule has 0 atom stereocenters. The molecular formula is C11H15NO. The Balaban J connectivity index is 2.09. The van der Waals surface area contributed by atoms with Gasteiger partial charge in [0.15, 0.2) is 0 Å². The lowest BCUT2D eigenvalue weighted by Crippen LogP contribution is -2.29. The van der Waals surface area contributed by atoms with E-state index in [0.29, 0.717) is 11.3 Å². The van der Waals surface area contributed by atoms with Crippen molar-refractivity contribution in [2.75, 3.05) is 7.05 Å². The van der Waals surface area contributed by atoms with Crippen LogP contribution in [-0.2, 0) is 6.42 Å². The zero-order valence-corrected chi connectivity index (χ0v) is 7.88. The molecule has 0 saturated heterocycles. The van der Waals surface area contributed by atoms with Crippen LogP contribution in [-0.4, -0.2) is 17.7 Å². The summed E-state index contributed by atoms with van der Waals surface area (Å²) in [6.07, 6.45) is 3.52. The summed E-state index contributed by atoms with van der Waals surface area (Å²) < 4.78 is 0. The molecule has 1 aliphatic carbocycles. The van der Waals surface area contributed by atoms with Crippen LogP contribution in [0.3, 0.4) is 0 Å². The van der Waals surface area contributed by atoms with Crippen molar-refractivity contribution in [3.63, 3.8) is 0 Å². The number of rotatable bonds is 3. The third kappa shape index (κ3) is 1.83. The van der Waals surface area contributed by atoms with E-state index >= 15 is 0 Å². The van der Waals surface area contributed by atoms with Crippen molar-refractivity contribution in [2.45, 2.75) is 24.8 Å². The van der Waals surface area contributed by atoms with Crippen LogP contribution in [0, 0.1) is 0 Å². The number of phenolic OH excluding ortho intramolecular Hbond substituents is 1. The second-order valence-electron chi connectivity index (χ2n) is 3.88. The summed E-state index contributed by atoms with van der Waals surface area (Å²) in [5.41, 5.74) is 1.54. The molecule has 0 unspecified atom stereocenters. The highest BCUT2D eigenvalue weighted by Crippen LogP contribution is 2.38. The Kier molecular flexibility index (Phi) is 2.00. The minimum Gasteiger partial charge on any atom is -0.508 e. The summed E-state index contributed by atoms with van der Waals surface area (Å²) in [5.74, 6) is 0.365. The molecular weight excluding hydrogens is 162 g/mol. The van der Waals surface area contributed by atoms with E-state index in [9.17, 15) is 5.11 Å². The third-order valence-corrected chi connectivity index (χ3v) is 2.84. The van der Waals surface area contributed by atoms with Crippen molar-refractivity contribution in [3.8, 4) is 5.75 Å². The fraction of sp³-hybridized carbons (Fsp3) is 0.455. The molecule has 13 heavy (non-hydrogen) atoms. The number of aromatic hydroxyl groups is 1. The van der Waals surface area contributed by atoms with Gasteiger partial charge in [0, 0.05) is 5.54 Å². The molecule has 2 rings (SSSR count). The van der Waals surface area contributed by atoms with Crippen LogP contribution < -0.4 is 5.32 Å². The van der Waals surface area contributed by atoms with Gasteiger partial charge in [0.25, 0.3) is 0 Å². The molecule has 1 aliphatic rings. The first-order chi connectivity index (χ1) is 6.24. The summed E-state index contributed by atoms with van der Waals surface area (Å²) in [6.45, 7) is 0. The zero-order chi connectivity index (χ0) is 9.31. The summed E-state index contributed by atoms with van der Waals surface area (Å²) in [7, 11) is 2.01. The van der Waals surface area contributed by atoms with Gasteiger partial charge >= 0.3 is 0 Å². The van der Waals surface area contributed by atoms with Gasteiger partial charge in [-0.1, -0.05) is 12.1 Å². The Bertz CT molecular complexity index is 305. The van der Waals surface area contributed by atoms with E-state index < -0.39 is 0 Å². The average Bonchev–Trinajstić information content (AvgIpc) is 2.86. The molecule has 0 radical (unpaired) electrons. The molecule has 2 N–H and O–H groups in total. The third-order valence-electron chi connectivity index (χ3n) is 2.84. The second kappa shape index (κ2) is 3.04. The minimum atomic E-state index is 0.327. The van der Waals surface area contributed by atoms with E-state index in [1.165, 1.54) is 18.4 Å². The maximum Gasteiger partial charge on any atom is 0.115 e. The average molecular weight is 177 g/mol. The lowest BCUT2D eigenvalue weighted by Gasteiger charge is -2.13. The predicted molar refractivity (Wildman–Crippen MR) is 52.8 cm³/mol. The van der Waals surface area contributed by atoms with Gasteiger partial charge in [-0.15, -0.1) is 0 Å². The highest BCUT2D eigenvalue weighted by atomic mass is 16.3. The van der Waals surface area contributed by atoms with Crippen LogP contribution in [0.25, 0.3) is 0 Å². The molecule has 0 spiro atoms. The van der Waals surface area contributed by atoms with Gasteiger partial charge in [-0.3, -0.25) is 0 Å². The van der Waals surface area contributed by atoms with Crippen LogP contribution in [0.1, 0.15) is 18.4 Å². The van der Waals surface area contributed by atoms with Crippen LogP contribution in [0.2, 0.25) is 0 Å². The van der Waals surface area contributed by atoms with Gasteiger partial charge in [-0.05, 0) is 44.0 Å². The molecule has 2 nitrogen and oxygen atoms in total. The number of likely N-dealkylation sites (N-methyl/N-ethyl adjacent to an activating group) is 1. The normalized spacial score (nSPS) is 18.5. The van der Waals surface area contributed by atoms with E-state index in [4.69, 9.17) is 0 Å². The predicted octanol–water partition coefficient (Wildman–Crippen LogP) is 1.69. The number of hydrogen-bond acceptors (Lipinski definition) is 2. The smallest absolute Gasteiger partial charge is 0.115 e. The number of phenols is 1.